The molecule has 1 rings (SSSR count). The first-order valence-electron chi connectivity index (χ1n) is 4.45. The van der Waals surface area contributed by atoms with E-state index in [2.05, 4.69) is 0 Å². The monoisotopic (exact) mass is 230 g/mol. The second kappa shape index (κ2) is 4.61. The highest BCUT2D eigenvalue weighted by Gasteiger charge is 2.11. The molecule has 0 fully saturated rings. The molecule has 15 heavy (non-hydrogen) atoms. The molecule has 84 valence electrons. The average Bonchev–Trinajstić information content (AvgIpc) is 2.18. The maximum atomic E-state index is 11.3. The van der Waals surface area contributed by atoms with Crippen LogP contribution in [0.4, 0.5) is 0 Å². The fourth-order valence-corrected chi connectivity index (χ4v) is 1.67. The molecule has 0 aromatic heterocycles. The summed E-state index contributed by atoms with van der Waals surface area (Å²) >= 11 is 0. The van der Waals surface area contributed by atoms with E-state index in [9.17, 15) is 8.42 Å². The van der Waals surface area contributed by atoms with Crippen molar-refractivity contribution in [1.82, 2.24) is 4.83 Å². The molecule has 0 saturated carbocycles. The number of ether oxygens (including phenoxy) is 1. The van der Waals surface area contributed by atoms with Gasteiger partial charge < -0.3 is 4.74 Å². The van der Waals surface area contributed by atoms with Crippen molar-refractivity contribution in [3.05, 3.63) is 24.3 Å². The number of nitrogens with two attached hydrogens (primary N) is 1. The van der Waals surface area contributed by atoms with E-state index in [0.29, 0.717) is 5.75 Å². The van der Waals surface area contributed by atoms with Crippen molar-refractivity contribution in [3.8, 4) is 5.75 Å². The highest BCUT2D eigenvalue weighted by molar-refractivity contribution is 7.89. The van der Waals surface area contributed by atoms with E-state index >= 15 is 0 Å². The van der Waals surface area contributed by atoms with Gasteiger partial charge in [-0.2, -0.15) is 4.83 Å². The van der Waals surface area contributed by atoms with Gasteiger partial charge in [-0.1, -0.05) is 0 Å². The minimum Gasteiger partial charge on any atom is -0.491 e. The van der Waals surface area contributed by atoms with Gasteiger partial charge in [-0.05, 0) is 38.1 Å². The molecule has 0 atom stereocenters. The molecular weight excluding hydrogens is 216 g/mol. The van der Waals surface area contributed by atoms with Crippen LogP contribution in [0, 0.1) is 0 Å². The van der Waals surface area contributed by atoms with Gasteiger partial charge in [0.1, 0.15) is 5.75 Å². The van der Waals surface area contributed by atoms with E-state index in [1.165, 1.54) is 12.1 Å². The first-order chi connectivity index (χ1) is 6.95. The van der Waals surface area contributed by atoms with Crippen LogP contribution in [-0.4, -0.2) is 14.5 Å². The number of hydrazine groups is 1. The number of sulfonamides is 1. The number of benzene rings is 1. The molecule has 0 saturated heterocycles. The van der Waals surface area contributed by atoms with Gasteiger partial charge in [-0.3, -0.25) is 5.84 Å². The lowest BCUT2D eigenvalue weighted by molar-refractivity contribution is 0.242. The van der Waals surface area contributed by atoms with Crippen molar-refractivity contribution in [2.24, 2.45) is 5.84 Å². The van der Waals surface area contributed by atoms with Gasteiger partial charge in [0.25, 0.3) is 10.0 Å². The molecule has 0 radical (unpaired) electrons. The van der Waals surface area contributed by atoms with E-state index < -0.39 is 10.0 Å². The Hall–Kier alpha value is -1.11. The highest BCUT2D eigenvalue weighted by atomic mass is 32.2. The number of hydrogen-bond acceptors (Lipinski definition) is 4. The summed E-state index contributed by atoms with van der Waals surface area (Å²) < 4.78 is 27.9. The summed E-state index contributed by atoms with van der Waals surface area (Å²) in [5.74, 6) is 5.51. The van der Waals surface area contributed by atoms with Crippen molar-refractivity contribution in [1.29, 1.82) is 0 Å². The normalized spacial score (nSPS) is 11.7. The zero-order valence-electron chi connectivity index (χ0n) is 8.60. The zero-order chi connectivity index (χ0) is 11.5. The van der Waals surface area contributed by atoms with Gasteiger partial charge in [0, 0.05) is 0 Å². The van der Waals surface area contributed by atoms with Crippen LogP contribution in [0.3, 0.4) is 0 Å². The molecule has 0 spiro atoms. The number of rotatable bonds is 4. The molecule has 6 heteroatoms. The molecule has 0 unspecified atom stereocenters. The van der Waals surface area contributed by atoms with Gasteiger partial charge in [-0.15, -0.1) is 0 Å². The highest BCUT2D eigenvalue weighted by Crippen LogP contribution is 2.16. The zero-order valence-corrected chi connectivity index (χ0v) is 9.41. The Labute approximate surface area is 89.3 Å². The molecule has 1 aromatic rings. The maximum absolute atomic E-state index is 11.3. The van der Waals surface area contributed by atoms with Crippen molar-refractivity contribution >= 4 is 10.0 Å². The lowest BCUT2D eigenvalue weighted by Gasteiger charge is -2.09. The van der Waals surface area contributed by atoms with Crippen molar-refractivity contribution in [2.45, 2.75) is 24.8 Å². The van der Waals surface area contributed by atoms with E-state index in [1.54, 1.807) is 17.0 Å². The molecule has 3 N–H and O–H groups in total. The van der Waals surface area contributed by atoms with Crippen LogP contribution >= 0.6 is 0 Å². The van der Waals surface area contributed by atoms with Crippen LogP contribution in [0.2, 0.25) is 0 Å². The predicted molar refractivity (Wildman–Crippen MR) is 56.7 cm³/mol. The molecule has 1 aromatic carbocycles. The largest absolute Gasteiger partial charge is 0.491 e. The molecule has 0 aliphatic heterocycles. The summed E-state index contributed by atoms with van der Waals surface area (Å²) in [6.07, 6.45) is 0.0556. The fourth-order valence-electron chi connectivity index (χ4n) is 1.04. The van der Waals surface area contributed by atoms with Gasteiger partial charge in [0.2, 0.25) is 0 Å². The van der Waals surface area contributed by atoms with Gasteiger partial charge in [-0.25, -0.2) is 8.42 Å². The summed E-state index contributed by atoms with van der Waals surface area (Å²) in [5.41, 5.74) is 0. The summed E-state index contributed by atoms with van der Waals surface area (Å²) in [6, 6.07) is 6.05. The topological polar surface area (TPSA) is 81.4 Å². The number of nitrogens with one attached hydrogen (secondary N) is 1. The Bertz CT molecular complexity index is 411. The third-order valence-electron chi connectivity index (χ3n) is 1.66. The Morgan fingerprint density at radius 2 is 1.80 bits per heavy atom. The molecule has 0 aliphatic rings. The van der Waals surface area contributed by atoms with Crippen molar-refractivity contribution < 1.29 is 13.2 Å². The first-order valence-corrected chi connectivity index (χ1v) is 5.93. The summed E-state index contributed by atoms with van der Waals surface area (Å²) in [4.78, 5) is 1.86. The Kier molecular flexibility index (Phi) is 3.67. The predicted octanol–water partition coefficient (Wildman–Crippen LogP) is 0.626. The maximum Gasteiger partial charge on any atom is 0.253 e. The van der Waals surface area contributed by atoms with E-state index in [0.717, 1.165) is 0 Å². The Balaban J connectivity index is 2.91. The van der Waals surface area contributed by atoms with E-state index in [-0.39, 0.29) is 11.0 Å². The fraction of sp³-hybridized carbons (Fsp3) is 0.333. The van der Waals surface area contributed by atoms with Crippen molar-refractivity contribution in [2.75, 3.05) is 0 Å². The molecule has 0 bridgehead atoms. The Morgan fingerprint density at radius 1 is 1.27 bits per heavy atom. The standard InChI is InChI=1S/C9H14N2O3S/c1-7(2)14-8-3-5-9(6-4-8)15(12,13)11-10/h3-7,11H,10H2,1-2H3. The van der Waals surface area contributed by atoms with Crippen LogP contribution in [0.5, 0.6) is 5.75 Å². The van der Waals surface area contributed by atoms with Crippen molar-refractivity contribution in [3.63, 3.8) is 0 Å². The quantitative estimate of drug-likeness (QED) is 0.587. The lowest BCUT2D eigenvalue weighted by Crippen LogP contribution is -2.30. The molecule has 0 heterocycles. The SMILES string of the molecule is CC(C)Oc1ccc(S(=O)(=O)NN)cc1. The van der Waals surface area contributed by atoms with Crippen LogP contribution in [0.25, 0.3) is 0 Å². The smallest absolute Gasteiger partial charge is 0.253 e. The van der Waals surface area contributed by atoms with Gasteiger partial charge >= 0.3 is 0 Å². The number of hydrogen-bond donors (Lipinski definition) is 2. The third kappa shape index (κ3) is 3.19. The molecule has 5 nitrogen and oxygen atoms in total. The van der Waals surface area contributed by atoms with Gasteiger partial charge in [0.05, 0.1) is 11.0 Å². The van der Waals surface area contributed by atoms with E-state index in [4.69, 9.17) is 10.6 Å². The van der Waals surface area contributed by atoms with Crippen LogP contribution in [0.1, 0.15) is 13.8 Å². The molecule has 0 aliphatic carbocycles. The Morgan fingerprint density at radius 3 is 2.20 bits per heavy atom. The van der Waals surface area contributed by atoms with Gasteiger partial charge in [0.15, 0.2) is 0 Å². The first kappa shape index (κ1) is 12.0. The van der Waals surface area contributed by atoms with E-state index in [1.807, 2.05) is 13.8 Å². The summed E-state index contributed by atoms with van der Waals surface area (Å²) in [7, 11) is -3.57. The second-order valence-electron chi connectivity index (χ2n) is 3.26. The summed E-state index contributed by atoms with van der Waals surface area (Å²) in [5, 5.41) is 0. The molecule has 0 amide bonds. The second-order valence-corrected chi connectivity index (χ2v) is 4.97. The lowest BCUT2D eigenvalue weighted by atomic mass is 10.3. The minimum atomic E-state index is -3.57. The summed E-state index contributed by atoms with van der Waals surface area (Å²) in [6.45, 7) is 3.79. The average molecular weight is 230 g/mol. The minimum absolute atomic E-state index is 0.0556. The third-order valence-corrected chi connectivity index (χ3v) is 2.86. The van der Waals surface area contributed by atoms with Crippen LogP contribution < -0.4 is 15.4 Å². The van der Waals surface area contributed by atoms with Crippen LogP contribution in [-0.2, 0) is 10.0 Å². The van der Waals surface area contributed by atoms with Crippen LogP contribution in [0.15, 0.2) is 29.2 Å². The molecular formula is C9H14N2O3S.